The highest BCUT2D eigenvalue weighted by molar-refractivity contribution is 5.87. The second-order valence-corrected chi connectivity index (χ2v) is 5.61. The first-order chi connectivity index (χ1) is 10.2. The molecule has 0 radical (unpaired) electrons. The van der Waals surface area contributed by atoms with Crippen LogP contribution in [-0.4, -0.2) is 20.9 Å². The van der Waals surface area contributed by atoms with Crippen LogP contribution >= 0.6 is 0 Å². The smallest absolute Gasteiger partial charge is 0.356 e. The number of aryl methyl sites for hydroxylation is 1. The van der Waals surface area contributed by atoms with Crippen molar-refractivity contribution >= 4 is 5.97 Å². The Kier molecular flexibility index (Phi) is 3.78. The summed E-state index contributed by atoms with van der Waals surface area (Å²) in [7, 11) is 0. The summed E-state index contributed by atoms with van der Waals surface area (Å²) in [6, 6.07) is 8.33. The molecule has 0 atom stereocenters. The summed E-state index contributed by atoms with van der Waals surface area (Å²) in [4.78, 5) is 11.3. The summed E-state index contributed by atoms with van der Waals surface area (Å²) >= 11 is 0. The number of aromatic nitrogens is 2. The number of benzene rings is 1. The SMILES string of the molecule is CCCCc1ccc(-n2nc(C(=O)O)c3c2CCC3)cc1. The molecule has 4 nitrogen and oxygen atoms in total. The number of hydrogen-bond acceptors (Lipinski definition) is 2. The van der Waals surface area contributed by atoms with Gasteiger partial charge in [-0.3, -0.25) is 0 Å². The van der Waals surface area contributed by atoms with Gasteiger partial charge in [-0.2, -0.15) is 5.10 Å². The maximum Gasteiger partial charge on any atom is 0.356 e. The predicted molar refractivity (Wildman–Crippen MR) is 81.2 cm³/mol. The first-order valence-corrected chi connectivity index (χ1v) is 7.64. The van der Waals surface area contributed by atoms with E-state index in [4.69, 9.17) is 0 Å². The molecule has 1 N–H and O–H groups in total. The third-order valence-electron chi connectivity index (χ3n) is 4.13. The molecule has 0 unspecified atom stereocenters. The molecule has 0 saturated carbocycles. The van der Waals surface area contributed by atoms with Crippen molar-refractivity contribution in [3.8, 4) is 5.69 Å². The van der Waals surface area contributed by atoms with Crippen LogP contribution in [0.2, 0.25) is 0 Å². The molecular formula is C17H20N2O2. The van der Waals surface area contributed by atoms with Crippen molar-refractivity contribution in [3.63, 3.8) is 0 Å². The summed E-state index contributed by atoms with van der Waals surface area (Å²) in [6.07, 6.45) is 6.23. The first-order valence-electron chi connectivity index (χ1n) is 7.64. The predicted octanol–water partition coefficient (Wildman–Crippen LogP) is 3.40. The summed E-state index contributed by atoms with van der Waals surface area (Å²) in [5.74, 6) is -0.925. The molecule has 0 amide bonds. The van der Waals surface area contributed by atoms with Crippen molar-refractivity contribution in [2.24, 2.45) is 0 Å². The lowest BCUT2D eigenvalue weighted by molar-refractivity contribution is 0.0689. The van der Waals surface area contributed by atoms with E-state index in [1.807, 2.05) is 16.8 Å². The summed E-state index contributed by atoms with van der Waals surface area (Å²) in [5.41, 5.74) is 4.48. The topological polar surface area (TPSA) is 55.1 Å². The molecule has 2 aromatic rings. The molecule has 4 heteroatoms. The van der Waals surface area contributed by atoms with Gasteiger partial charge in [0.25, 0.3) is 0 Å². The minimum Gasteiger partial charge on any atom is -0.476 e. The van der Waals surface area contributed by atoms with Gasteiger partial charge in [-0.25, -0.2) is 9.48 Å². The fraction of sp³-hybridized carbons (Fsp3) is 0.412. The van der Waals surface area contributed by atoms with E-state index in [9.17, 15) is 9.90 Å². The molecule has 1 aromatic heterocycles. The first kappa shape index (κ1) is 13.9. The highest BCUT2D eigenvalue weighted by Crippen LogP contribution is 2.28. The van der Waals surface area contributed by atoms with Gasteiger partial charge in [0.1, 0.15) is 0 Å². The Balaban J connectivity index is 1.94. The monoisotopic (exact) mass is 284 g/mol. The number of fused-ring (bicyclic) bond motifs is 1. The Morgan fingerprint density at radius 3 is 2.71 bits per heavy atom. The third kappa shape index (κ3) is 2.58. The third-order valence-corrected chi connectivity index (χ3v) is 4.13. The molecule has 0 saturated heterocycles. The molecule has 1 heterocycles. The lowest BCUT2D eigenvalue weighted by Crippen LogP contribution is -2.04. The minimum absolute atomic E-state index is 0.220. The van der Waals surface area contributed by atoms with Crippen molar-refractivity contribution < 1.29 is 9.90 Å². The number of nitrogens with zero attached hydrogens (tertiary/aromatic N) is 2. The van der Waals surface area contributed by atoms with Crippen molar-refractivity contribution in [1.82, 2.24) is 9.78 Å². The molecule has 0 spiro atoms. The van der Waals surface area contributed by atoms with Crippen molar-refractivity contribution in [3.05, 3.63) is 46.8 Å². The van der Waals surface area contributed by atoms with Crippen LogP contribution in [0.4, 0.5) is 0 Å². The van der Waals surface area contributed by atoms with E-state index in [0.717, 1.165) is 42.6 Å². The van der Waals surface area contributed by atoms with Gasteiger partial charge in [0.05, 0.1) is 5.69 Å². The van der Waals surface area contributed by atoms with Gasteiger partial charge in [0, 0.05) is 11.3 Å². The van der Waals surface area contributed by atoms with E-state index in [0.29, 0.717) is 0 Å². The number of hydrogen-bond donors (Lipinski definition) is 1. The number of rotatable bonds is 5. The van der Waals surface area contributed by atoms with Gasteiger partial charge in [0.15, 0.2) is 5.69 Å². The van der Waals surface area contributed by atoms with Crippen LogP contribution in [0.5, 0.6) is 0 Å². The molecule has 1 aliphatic rings. The van der Waals surface area contributed by atoms with E-state index >= 15 is 0 Å². The number of carboxylic acids is 1. The van der Waals surface area contributed by atoms with Crippen LogP contribution in [0.25, 0.3) is 5.69 Å². The highest BCUT2D eigenvalue weighted by atomic mass is 16.4. The largest absolute Gasteiger partial charge is 0.476 e. The molecule has 0 bridgehead atoms. The van der Waals surface area contributed by atoms with E-state index < -0.39 is 5.97 Å². The average Bonchev–Trinajstić information content (AvgIpc) is 3.07. The second-order valence-electron chi connectivity index (χ2n) is 5.61. The second kappa shape index (κ2) is 5.72. The lowest BCUT2D eigenvalue weighted by Gasteiger charge is -2.07. The summed E-state index contributed by atoms with van der Waals surface area (Å²) in [5, 5.41) is 13.6. The molecule has 3 rings (SSSR count). The molecule has 110 valence electrons. The zero-order valence-electron chi connectivity index (χ0n) is 12.3. The van der Waals surface area contributed by atoms with Crippen LogP contribution in [0, 0.1) is 0 Å². The Hall–Kier alpha value is -2.10. The Labute approximate surface area is 124 Å². The summed E-state index contributed by atoms with van der Waals surface area (Å²) in [6.45, 7) is 2.19. The van der Waals surface area contributed by atoms with Crippen LogP contribution in [0.15, 0.2) is 24.3 Å². The number of aromatic carboxylic acids is 1. The standard InChI is InChI=1S/C17H20N2O2/c1-2-3-5-12-8-10-13(11-9-12)19-15-7-4-6-14(15)16(18-19)17(20)21/h8-11H,2-7H2,1H3,(H,20,21). The van der Waals surface area contributed by atoms with Crippen LogP contribution in [-0.2, 0) is 19.3 Å². The number of carbonyl (C=O) groups is 1. The average molecular weight is 284 g/mol. The van der Waals surface area contributed by atoms with Crippen molar-refractivity contribution in [1.29, 1.82) is 0 Å². The lowest BCUT2D eigenvalue weighted by atomic mass is 10.1. The Bertz CT molecular complexity index is 656. The quantitative estimate of drug-likeness (QED) is 0.915. The molecule has 0 fully saturated rings. The van der Waals surface area contributed by atoms with E-state index in [1.54, 1.807) is 0 Å². The molecular weight excluding hydrogens is 264 g/mol. The van der Waals surface area contributed by atoms with Crippen molar-refractivity contribution in [2.45, 2.75) is 45.4 Å². The number of carboxylic acid groups (broad SMARTS) is 1. The van der Waals surface area contributed by atoms with Gasteiger partial charge in [-0.1, -0.05) is 25.5 Å². The molecule has 0 aliphatic heterocycles. The fourth-order valence-corrected chi connectivity index (χ4v) is 3.01. The zero-order chi connectivity index (χ0) is 14.8. The van der Waals surface area contributed by atoms with E-state index in [2.05, 4.69) is 24.2 Å². The fourth-order valence-electron chi connectivity index (χ4n) is 3.01. The van der Waals surface area contributed by atoms with Gasteiger partial charge in [0.2, 0.25) is 0 Å². The van der Waals surface area contributed by atoms with E-state index in [-0.39, 0.29) is 5.69 Å². The van der Waals surface area contributed by atoms with Crippen LogP contribution in [0.1, 0.15) is 53.5 Å². The zero-order valence-corrected chi connectivity index (χ0v) is 12.3. The van der Waals surface area contributed by atoms with Crippen LogP contribution in [0.3, 0.4) is 0 Å². The maximum atomic E-state index is 11.3. The van der Waals surface area contributed by atoms with Gasteiger partial charge in [-0.05, 0) is 49.8 Å². The Morgan fingerprint density at radius 1 is 1.29 bits per heavy atom. The van der Waals surface area contributed by atoms with Gasteiger partial charge in [-0.15, -0.1) is 0 Å². The van der Waals surface area contributed by atoms with E-state index in [1.165, 1.54) is 18.4 Å². The van der Waals surface area contributed by atoms with Gasteiger partial charge >= 0.3 is 5.97 Å². The normalized spacial score (nSPS) is 13.4. The Morgan fingerprint density at radius 2 is 2.05 bits per heavy atom. The molecule has 1 aromatic carbocycles. The van der Waals surface area contributed by atoms with Gasteiger partial charge < -0.3 is 5.11 Å². The maximum absolute atomic E-state index is 11.3. The molecule has 21 heavy (non-hydrogen) atoms. The minimum atomic E-state index is -0.925. The summed E-state index contributed by atoms with van der Waals surface area (Å²) < 4.78 is 1.81. The highest BCUT2D eigenvalue weighted by Gasteiger charge is 2.26. The molecule has 1 aliphatic carbocycles. The van der Waals surface area contributed by atoms with Crippen molar-refractivity contribution in [2.75, 3.05) is 0 Å². The number of unbranched alkanes of at least 4 members (excludes halogenated alkanes) is 1. The van der Waals surface area contributed by atoms with Crippen LogP contribution < -0.4 is 0 Å².